The highest BCUT2D eigenvalue weighted by atomic mass is 16.1. The third-order valence-corrected chi connectivity index (χ3v) is 1.86. The number of carbonyl (C=O) groups excluding carboxylic acids is 1. The molecule has 0 fully saturated rings. The van der Waals surface area contributed by atoms with E-state index in [0.717, 1.165) is 19.6 Å². The van der Waals surface area contributed by atoms with Crippen LogP contribution in [0.3, 0.4) is 0 Å². The first-order valence-corrected chi connectivity index (χ1v) is 5.17. The fourth-order valence-corrected chi connectivity index (χ4v) is 0.906. The zero-order valence-corrected chi connectivity index (χ0v) is 9.76. The molecule has 0 aliphatic rings. The van der Waals surface area contributed by atoms with E-state index < -0.39 is 0 Å². The molecule has 0 heterocycles. The fraction of sp³-hybridized carbons (Fsp3) is 0.900. The highest BCUT2D eigenvalue weighted by Crippen LogP contribution is 1.88. The second kappa shape index (κ2) is 7.76. The Labute approximate surface area is 87.0 Å². The van der Waals surface area contributed by atoms with E-state index in [4.69, 9.17) is 0 Å². The van der Waals surface area contributed by atoms with Crippen LogP contribution in [0.5, 0.6) is 0 Å². The molecule has 0 aromatic heterocycles. The van der Waals surface area contributed by atoms with Gasteiger partial charge >= 0.3 is 0 Å². The molecule has 0 unspecified atom stereocenters. The predicted octanol–water partition coefficient (Wildman–Crippen LogP) is -0.0902. The summed E-state index contributed by atoms with van der Waals surface area (Å²) >= 11 is 0. The van der Waals surface area contributed by atoms with E-state index in [1.165, 1.54) is 0 Å². The van der Waals surface area contributed by atoms with E-state index in [2.05, 4.69) is 15.5 Å². The smallest absolute Gasteiger partial charge is 0.222 e. The van der Waals surface area contributed by atoms with Crippen LogP contribution in [0.4, 0.5) is 0 Å². The molecule has 0 saturated heterocycles. The molecule has 4 nitrogen and oxygen atoms in total. The van der Waals surface area contributed by atoms with Crippen molar-refractivity contribution < 1.29 is 4.79 Å². The van der Waals surface area contributed by atoms with Gasteiger partial charge in [0.2, 0.25) is 5.91 Å². The molecule has 0 rings (SSSR count). The molecule has 0 atom stereocenters. The van der Waals surface area contributed by atoms with Crippen LogP contribution in [-0.4, -0.2) is 51.1 Å². The maximum Gasteiger partial charge on any atom is 0.222 e. The molecule has 2 N–H and O–H groups in total. The molecule has 4 heteroatoms. The largest absolute Gasteiger partial charge is 0.355 e. The van der Waals surface area contributed by atoms with Crippen LogP contribution in [0, 0.1) is 5.92 Å². The number of nitrogens with zero attached hydrogens (tertiary/aromatic N) is 1. The summed E-state index contributed by atoms with van der Waals surface area (Å²) in [6.07, 6.45) is 0. The lowest BCUT2D eigenvalue weighted by Crippen LogP contribution is -2.36. The van der Waals surface area contributed by atoms with E-state index in [9.17, 15) is 4.79 Å². The lowest BCUT2D eigenvalue weighted by molar-refractivity contribution is -0.123. The molecule has 0 saturated carbocycles. The first-order chi connectivity index (χ1) is 6.54. The van der Waals surface area contributed by atoms with E-state index in [1.807, 2.05) is 27.9 Å². The molecule has 0 aliphatic heterocycles. The third kappa shape index (κ3) is 8.01. The van der Waals surface area contributed by atoms with Crippen LogP contribution < -0.4 is 10.6 Å². The van der Waals surface area contributed by atoms with Crippen molar-refractivity contribution in [2.45, 2.75) is 13.8 Å². The van der Waals surface area contributed by atoms with Crippen molar-refractivity contribution in [2.75, 3.05) is 40.3 Å². The molecule has 0 aliphatic carbocycles. The van der Waals surface area contributed by atoms with Crippen molar-refractivity contribution in [3.63, 3.8) is 0 Å². The van der Waals surface area contributed by atoms with E-state index in [-0.39, 0.29) is 11.8 Å². The number of rotatable bonds is 7. The molecular formula is C10H23N3O. The average molecular weight is 201 g/mol. The van der Waals surface area contributed by atoms with Gasteiger partial charge in [-0.15, -0.1) is 0 Å². The molecule has 0 bridgehead atoms. The Morgan fingerprint density at radius 3 is 2.36 bits per heavy atom. The Hall–Kier alpha value is -0.610. The van der Waals surface area contributed by atoms with Crippen molar-refractivity contribution in [3.05, 3.63) is 0 Å². The summed E-state index contributed by atoms with van der Waals surface area (Å²) in [6, 6.07) is 0. The molecule has 14 heavy (non-hydrogen) atoms. The number of hydrogen-bond donors (Lipinski definition) is 2. The van der Waals surface area contributed by atoms with E-state index >= 15 is 0 Å². The highest BCUT2D eigenvalue weighted by molar-refractivity contribution is 5.77. The van der Waals surface area contributed by atoms with Gasteiger partial charge in [-0.1, -0.05) is 13.8 Å². The summed E-state index contributed by atoms with van der Waals surface area (Å²) in [5.41, 5.74) is 0. The van der Waals surface area contributed by atoms with Gasteiger partial charge in [-0.25, -0.2) is 0 Å². The topological polar surface area (TPSA) is 44.4 Å². The number of nitrogens with one attached hydrogen (secondary N) is 2. The SMILES string of the molecule is CC(C)C(=O)NCCNCCN(C)C. The van der Waals surface area contributed by atoms with Crippen molar-refractivity contribution in [1.82, 2.24) is 15.5 Å². The standard InChI is InChI=1S/C10H23N3O/c1-9(2)10(14)12-6-5-11-7-8-13(3)4/h9,11H,5-8H2,1-4H3,(H,12,14). The minimum atomic E-state index is 0.0803. The minimum Gasteiger partial charge on any atom is -0.355 e. The first-order valence-electron chi connectivity index (χ1n) is 5.17. The Kier molecular flexibility index (Phi) is 7.42. The van der Waals surface area contributed by atoms with Crippen LogP contribution in [-0.2, 0) is 4.79 Å². The molecule has 0 aromatic rings. The lowest BCUT2D eigenvalue weighted by Gasteiger charge is -2.11. The summed E-state index contributed by atoms with van der Waals surface area (Å²) < 4.78 is 0. The van der Waals surface area contributed by atoms with Crippen LogP contribution in [0.15, 0.2) is 0 Å². The Morgan fingerprint density at radius 2 is 1.86 bits per heavy atom. The third-order valence-electron chi connectivity index (χ3n) is 1.86. The monoisotopic (exact) mass is 201 g/mol. The summed E-state index contributed by atoms with van der Waals surface area (Å²) in [6.45, 7) is 7.34. The lowest BCUT2D eigenvalue weighted by atomic mass is 10.2. The van der Waals surface area contributed by atoms with Gasteiger partial charge in [-0.3, -0.25) is 4.79 Å². The van der Waals surface area contributed by atoms with Crippen LogP contribution in [0.25, 0.3) is 0 Å². The van der Waals surface area contributed by atoms with E-state index in [1.54, 1.807) is 0 Å². The maximum absolute atomic E-state index is 11.1. The molecule has 0 radical (unpaired) electrons. The van der Waals surface area contributed by atoms with Gasteiger partial charge in [-0.05, 0) is 14.1 Å². The quantitative estimate of drug-likeness (QED) is 0.566. The predicted molar refractivity (Wildman–Crippen MR) is 59.3 cm³/mol. The van der Waals surface area contributed by atoms with Gasteiger partial charge in [0.05, 0.1) is 0 Å². The maximum atomic E-state index is 11.1. The number of carbonyl (C=O) groups is 1. The number of amides is 1. The van der Waals surface area contributed by atoms with Crippen molar-refractivity contribution in [1.29, 1.82) is 0 Å². The number of likely N-dealkylation sites (N-methyl/N-ethyl adjacent to an activating group) is 1. The van der Waals surface area contributed by atoms with Gasteiger partial charge in [0.25, 0.3) is 0 Å². The molecule has 0 aromatic carbocycles. The van der Waals surface area contributed by atoms with Gasteiger partial charge in [0.1, 0.15) is 0 Å². The van der Waals surface area contributed by atoms with E-state index in [0.29, 0.717) is 6.54 Å². The Bertz CT molecular complexity index is 157. The van der Waals surface area contributed by atoms with Gasteiger partial charge in [0, 0.05) is 32.1 Å². The van der Waals surface area contributed by atoms with Crippen molar-refractivity contribution in [2.24, 2.45) is 5.92 Å². The molecular weight excluding hydrogens is 178 g/mol. The second-order valence-corrected chi connectivity index (χ2v) is 4.00. The van der Waals surface area contributed by atoms with Gasteiger partial charge < -0.3 is 15.5 Å². The normalized spacial score (nSPS) is 11.0. The minimum absolute atomic E-state index is 0.0803. The summed E-state index contributed by atoms with van der Waals surface area (Å²) in [4.78, 5) is 13.3. The Balaban J connectivity index is 3.18. The zero-order chi connectivity index (χ0) is 11.0. The number of hydrogen-bond acceptors (Lipinski definition) is 3. The summed E-state index contributed by atoms with van der Waals surface area (Å²) in [5.74, 6) is 0.205. The van der Waals surface area contributed by atoms with Crippen LogP contribution in [0.1, 0.15) is 13.8 Å². The molecule has 84 valence electrons. The zero-order valence-electron chi connectivity index (χ0n) is 9.76. The first kappa shape index (κ1) is 13.4. The van der Waals surface area contributed by atoms with Gasteiger partial charge in [0.15, 0.2) is 0 Å². The van der Waals surface area contributed by atoms with Crippen molar-refractivity contribution >= 4 is 5.91 Å². The highest BCUT2D eigenvalue weighted by Gasteiger charge is 2.04. The fourth-order valence-electron chi connectivity index (χ4n) is 0.906. The average Bonchev–Trinajstić information content (AvgIpc) is 2.09. The van der Waals surface area contributed by atoms with Gasteiger partial charge in [-0.2, -0.15) is 0 Å². The summed E-state index contributed by atoms with van der Waals surface area (Å²) in [5, 5.41) is 6.11. The Morgan fingerprint density at radius 1 is 1.21 bits per heavy atom. The molecule has 1 amide bonds. The van der Waals surface area contributed by atoms with Crippen molar-refractivity contribution in [3.8, 4) is 0 Å². The molecule has 0 spiro atoms. The second-order valence-electron chi connectivity index (χ2n) is 4.00. The van der Waals surface area contributed by atoms with Crippen LogP contribution in [0.2, 0.25) is 0 Å². The summed E-state index contributed by atoms with van der Waals surface area (Å²) in [7, 11) is 4.09. The van der Waals surface area contributed by atoms with Crippen LogP contribution >= 0.6 is 0 Å².